The zero-order valence-corrected chi connectivity index (χ0v) is 8.95. The van der Waals surface area contributed by atoms with Gasteiger partial charge in [-0.15, -0.1) is 0 Å². The van der Waals surface area contributed by atoms with Crippen LogP contribution in [-0.4, -0.2) is 44.8 Å². The average Bonchev–Trinajstić information content (AvgIpc) is 2.71. The summed E-state index contributed by atoms with van der Waals surface area (Å²) in [6, 6.07) is 0. The fraction of sp³-hybridized carbons (Fsp3) is 0.600. The first kappa shape index (κ1) is 10.2. The van der Waals surface area contributed by atoms with Crippen LogP contribution >= 0.6 is 0 Å². The molecule has 0 spiro atoms. The summed E-state index contributed by atoms with van der Waals surface area (Å²) in [7, 11) is 0. The molecule has 1 saturated heterocycles. The van der Waals surface area contributed by atoms with Crippen LogP contribution < -0.4 is 0 Å². The normalized spacial score (nSPS) is 25.9. The number of amides is 1. The van der Waals surface area contributed by atoms with Crippen molar-refractivity contribution >= 4 is 5.91 Å². The highest BCUT2D eigenvalue weighted by Gasteiger charge is 2.34. The lowest BCUT2D eigenvalue weighted by Gasteiger charge is -2.18. The molecule has 5 heteroatoms. The highest BCUT2D eigenvalue weighted by atomic mass is 16.3. The second-order valence-electron chi connectivity index (χ2n) is 4.38. The van der Waals surface area contributed by atoms with Gasteiger partial charge in [-0.1, -0.05) is 0 Å². The maximum absolute atomic E-state index is 12.0. The minimum Gasteiger partial charge on any atom is -0.388 e. The maximum Gasteiger partial charge on any atom is 0.257 e. The van der Waals surface area contributed by atoms with Crippen LogP contribution in [-0.2, 0) is 0 Å². The van der Waals surface area contributed by atoms with Gasteiger partial charge in [-0.05, 0) is 20.3 Å². The van der Waals surface area contributed by atoms with E-state index in [2.05, 4.69) is 10.2 Å². The summed E-state index contributed by atoms with van der Waals surface area (Å²) in [5, 5.41) is 16.3. The van der Waals surface area contributed by atoms with E-state index in [1.807, 2.05) is 6.92 Å². The number of carbonyl (C=O) groups excluding carboxylic acids is 1. The smallest absolute Gasteiger partial charge is 0.257 e. The molecule has 1 atom stereocenters. The van der Waals surface area contributed by atoms with Gasteiger partial charge in [0.05, 0.1) is 17.4 Å². The van der Waals surface area contributed by atoms with Crippen molar-refractivity contribution in [3.63, 3.8) is 0 Å². The van der Waals surface area contributed by atoms with Crippen LogP contribution in [0, 0.1) is 6.92 Å². The summed E-state index contributed by atoms with van der Waals surface area (Å²) >= 11 is 0. The molecule has 0 saturated carbocycles. The number of rotatable bonds is 1. The van der Waals surface area contributed by atoms with Gasteiger partial charge in [-0.2, -0.15) is 5.10 Å². The van der Waals surface area contributed by atoms with Crippen LogP contribution in [0.4, 0.5) is 0 Å². The summed E-state index contributed by atoms with van der Waals surface area (Å²) in [5.41, 5.74) is 0.618. The third-order valence-corrected chi connectivity index (χ3v) is 2.80. The molecular weight excluding hydrogens is 194 g/mol. The number of aliphatic hydroxyl groups is 1. The lowest BCUT2D eigenvalue weighted by molar-refractivity contribution is 0.0572. The van der Waals surface area contributed by atoms with Crippen LogP contribution in [0.15, 0.2) is 6.20 Å². The Hall–Kier alpha value is -1.36. The first-order valence-corrected chi connectivity index (χ1v) is 5.01. The number of likely N-dealkylation sites (tertiary alicyclic amines) is 1. The highest BCUT2D eigenvalue weighted by molar-refractivity contribution is 5.95. The molecule has 0 aromatic carbocycles. The minimum absolute atomic E-state index is 0.0565. The first-order valence-electron chi connectivity index (χ1n) is 5.01. The molecule has 1 fully saturated rings. The number of carbonyl (C=O) groups is 1. The number of nitrogens with zero attached hydrogens (tertiary/aromatic N) is 2. The standard InChI is InChI=1S/C10H15N3O2/c1-7-8(5-11-12-7)9(14)13-4-3-10(2,15)6-13/h5,15H,3-4,6H2,1-2H3,(H,11,12). The topological polar surface area (TPSA) is 69.2 Å². The number of hydrogen-bond acceptors (Lipinski definition) is 3. The molecule has 1 amide bonds. The molecule has 15 heavy (non-hydrogen) atoms. The van der Waals surface area contributed by atoms with Gasteiger partial charge in [-0.25, -0.2) is 0 Å². The van der Waals surface area contributed by atoms with E-state index >= 15 is 0 Å². The third kappa shape index (κ3) is 1.87. The van der Waals surface area contributed by atoms with E-state index in [1.54, 1.807) is 11.8 Å². The molecule has 1 aliphatic heterocycles. The van der Waals surface area contributed by atoms with Gasteiger partial charge in [0.2, 0.25) is 0 Å². The molecule has 5 nitrogen and oxygen atoms in total. The summed E-state index contributed by atoms with van der Waals surface area (Å²) in [6.45, 7) is 4.57. The van der Waals surface area contributed by atoms with Crippen molar-refractivity contribution in [3.05, 3.63) is 17.5 Å². The molecule has 0 aliphatic carbocycles. The fourth-order valence-electron chi connectivity index (χ4n) is 1.86. The second kappa shape index (κ2) is 3.34. The molecular formula is C10H15N3O2. The SMILES string of the molecule is Cc1[nH]ncc1C(=O)N1CCC(C)(O)C1. The van der Waals surface area contributed by atoms with E-state index in [9.17, 15) is 9.90 Å². The van der Waals surface area contributed by atoms with Gasteiger partial charge >= 0.3 is 0 Å². The minimum atomic E-state index is -0.743. The monoisotopic (exact) mass is 209 g/mol. The van der Waals surface area contributed by atoms with Crippen LogP contribution in [0.25, 0.3) is 0 Å². The zero-order valence-electron chi connectivity index (χ0n) is 8.95. The quantitative estimate of drug-likeness (QED) is 0.699. The Kier molecular flexibility index (Phi) is 2.26. The average molecular weight is 209 g/mol. The number of aryl methyl sites for hydroxylation is 1. The summed E-state index contributed by atoms with van der Waals surface area (Å²) in [6.07, 6.45) is 2.17. The van der Waals surface area contributed by atoms with Gasteiger partial charge < -0.3 is 10.0 Å². The van der Waals surface area contributed by atoms with Crippen LogP contribution in [0.1, 0.15) is 29.4 Å². The van der Waals surface area contributed by atoms with Gasteiger partial charge in [-0.3, -0.25) is 9.89 Å². The molecule has 1 aromatic heterocycles. The lowest BCUT2D eigenvalue weighted by Crippen LogP contribution is -2.34. The van der Waals surface area contributed by atoms with Gasteiger partial charge in [0, 0.05) is 18.8 Å². The Balaban J connectivity index is 2.14. The third-order valence-electron chi connectivity index (χ3n) is 2.80. The number of H-pyrrole nitrogens is 1. The predicted molar refractivity (Wildman–Crippen MR) is 54.5 cm³/mol. The Bertz CT molecular complexity index is 384. The number of aromatic nitrogens is 2. The fourth-order valence-corrected chi connectivity index (χ4v) is 1.86. The van der Waals surface area contributed by atoms with Crippen molar-refractivity contribution in [1.82, 2.24) is 15.1 Å². The molecule has 1 aromatic rings. The molecule has 82 valence electrons. The number of nitrogens with one attached hydrogen (secondary N) is 1. The van der Waals surface area contributed by atoms with Gasteiger partial charge in [0.25, 0.3) is 5.91 Å². The van der Waals surface area contributed by atoms with Gasteiger partial charge in [0.1, 0.15) is 0 Å². The molecule has 2 N–H and O–H groups in total. The van der Waals surface area contributed by atoms with Crippen molar-refractivity contribution in [2.75, 3.05) is 13.1 Å². The molecule has 1 unspecified atom stereocenters. The Morgan fingerprint density at radius 1 is 1.73 bits per heavy atom. The Morgan fingerprint density at radius 3 is 2.93 bits per heavy atom. The van der Waals surface area contributed by atoms with E-state index in [1.165, 1.54) is 6.20 Å². The number of aromatic amines is 1. The first-order chi connectivity index (χ1) is 6.99. The van der Waals surface area contributed by atoms with Crippen molar-refractivity contribution in [2.24, 2.45) is 0 Å². The van der Waals surface area contributed by atoms with E-state index in [4.69, 9.17) is 0 Å². The largest absolute Gasteiger partial charge is 0.388 e. The molecule has 2 rings (SSSR count). The van der Waals surface area contributed by atoms with E-state index in [0.717, 1.165) is 5.69 Å². The molecule has 1 aliphatic rings. The predicted octanol–water partition coefficient (Wildman–Crippen LogP) is 0.315. The van der Waals surface area contributed by atoms with Crippen molar-refractivity contribution < 1.29 is 9.90 Å². The highest BCUT2D eigenvalue weighted by Crippen LogP contribution is 2.22. The van der Waals surface area contributed by atoms with E-state index < -0.39 is 5.60 Å². The van der Waals surface area contributed by atoms with Crippen LogP contribution in [0.5, 0.6) is 0 Å². The molecule has 2 heterocycles. The number of β-amino-alcohol motifs (C(OH)–C–C–N with tert-alkyl or cyclic N) is 1. The van der Waals surface area contributed by atoms with Gasteiger partial charge in [0.15, 0.2) is 0 Å². The van der Waals surface area contributed by atoms with Crippen molar-refractivity contribution in [2.45, 2.75) is 25.9 Å². The molecule has 0 bridgehead atoms. The van der Waals surface area contributed by atoms with E-state index in [0.29, 0.717) is 25.1 Å². The lowest BCUT2D eigenvalue weighted by atomic mass is 10.1. The van der Waals surface area contributed by atoms with E-state index in [-0.39, 0.29) is 5.91 Å². The summed E-state index contributed by atoms with van der Waals surface area (Å²) < 4.78 is 0. The Labute approximate surface area is 88.1 Å². The summed E-state index contributed by atoms with van der Waals surface area (Å²) in [5.74, 6) is -0.0565. The number of hydrogen-bond donors (Lipinski definition) is 2. The molecule has 0 radical (unpaired) electrons. The van der Waals surface area contributed by atoms with Crippen LogP contribution in [0.2, 0.25) is 0 Å². The van der Waals surface area contributed by atoms with Crippen molar-refractivity contribution in [3.8, 4) is 0 Å². The zero-order chi connectivity index (χ0) is 11.1. The van der Waals surface area contributed by atoms with Crippen LogP contribution in [0.3, 0.4) is 0 Å². The summed E-state index contributed by atoms with van der Waals surface area (Å²) in [4.78, 5) is 13.6. The second-order valence-corrected chi connectivity index (χ2v) is 4.38. The maximum atomic E-state index is 12.0. The van der Waals surface area contributed by atoms with Crippen molar-refractivity contribution in [1.29, 1.82) is 0 Å². The Morgan fingerprint density at radius 2 is 2.47 bits per heavy atom.